The molecule has 2 aromatic rings. The molecule has 5 nitrogen and oxygen atoms in total. The van der Waals surface area contributed by atoms with E-state index in [4.69, 9.17) is 0 Å². The molecule has 106 valence electrons. The highest BCUT2D eigenvalue weighted by atomic mass is 16.1. The molecule has 0 saturated carbocycles. The highest BCUT2D eigenvalue weighted by molar-refractivity contribution is 5.09. The first-order valence-corrected chi connectivity index (χ1v) is 7.23. The van der Waals surface area contributed by atoms with Crippen molar-refractivity contribution in [1.29, 1.82) is 0 Å². The molecular weight excluding hydrogens is 252 g/mol. The summed E-state index contributed by atoms with van der Waals surface area (Å²) in [5.41, 5.74) is 1.12. The van der Waals surface area contributed by atoms with E-state index < -0.39 is 0 Å². The van der Waals surface area contributed by atoms with Crippen LogP contribution in [0.25, 0.3) is 0 Å². The van der Waals surface area contributed by atoms with Gasteiger partial charge in [0, 0.05) is 31.7 Å². The predicted octanol–water partition coefficient (Wildman–Crippen LogP) is 1.80. The molecule has 1 atom stereocenters. The highest BCUT2D eigenvalue weighted by Crippen LogP contribution is 2.29. The molecule has 1 aliphatic heterocycles. The number of nitrogens with one attached hydrogen (secondary N) is 1. The summed E-state index contributed by atoms with van der Waals surface area (Å²) in [7, 11) is 0. The Morgan fingerprint density at radius 2 is 2.25 bits per heavy atom. The maximum atomic E-state index is 11.5. The number of H-pyrrole nitrogens is 1. The minimum atomic E-state index is -0.0311. The molecule has 2 aromatic heterocycles. The number of piperidine rings is 1. The van der Waals surface area contributed by atoms with Gasteiger partial charge in [-0.3, -0.25) is 14.5 Å². The second-order valence-corrected chi connectivity index (χ2v) is 5.26. The largest absolute Gasteiger partial charge is 0.325 e. The second kappa shape index (κ2) is 6.05. The minimum absolute atomic E-state index is 0.0311. The number of imidazole rings is 1. The number of pyridine rings is 1. The summed E-state index contributed by atoms with van der Waals surface area (Å²) in [4.78, 5) is 21.1. The Labute approximate surface area is 118 Å². The van der Waals surface area contributed by atoms with Crippen LogP contribution in [0.4, 0.5) is 0 Å². The molecule has 3 rings (SSSR count). The van der Waals surface area contributed by atoms with Crippen LogP contribution in [0.3, 0.4) is 0 Å². The van der Waals surface area contributed by atoms with Gasteiger partial charge in [0.05, 0.1) is 11.7 Å². The summed E-state index contributed by atoms with van der Waals surface area (Å²) in [6.07, 6.45) is 8.99. The standard InChI is InChI=1S/C15H20N4O/c20-15-17-8-10-19(15)12-11-18-9-4-2-6-14(18)13-5-1-3-7-16-13/h1,3,5,7-8,10,14H,2,4,6,9,11-12H2,(H,17,20)/t14-/m0/s1. The van der Waals surface area contributed by atoms with Gasteiger partial charge in [0.2, 0.25) is 0 Å². The Hall–Kier alpha value is -1.88. The van der Waals surface area contributed by atoms with E-state index in [1.807, 2.05) is 24.5 Å². The molecule has 1 N–H and O–H groups in total. The molecule has 0 amide bonds. The SMILES string of the molecule is O=c1[nH]ccn1CCN1CCCC[C@H]1c1ccccn1. The first-order chi connectivity index (χ1) is 9.84. The van der Waals surface area contributed by atoms with Crippen molar-refractivity contribution in [2.45, 2.75) is 31.8 Å². The van der Waals surface area contributed by atoms with Crippen LogP contribution < -0.4 is 5.69 Å². The van der Waals surface area contributed by atoms with Crippen LogP contribution in [-0.2, 0) is 6.54 Å². The summed E-state index contributed by atoms with van der Waals surface area (Å²) >= 11 is 0. The van der Waals surface area contributed by atoms with E-state index in [2.05, 4.69) is 20.9 Å². The maximum absolute atomic E-state index is 11.5. The molecule has 3 heterocycles. The first kappa shape index (κ1) is 13.1. The summed E-state index contributed by atoms with van der Waals surface area (Å²) in [6.45, 7) is 2.70. The van der Waals surface area contributed by atoms with Crippen LogP contribution in [0.1, 0.15) is 31.0 Å². The van der Waals surface area contributed by atoms with Crippen LogP contribution >= 0.6 is 0 Å². The molecule has 1 fully saturated rings. The van der Waals surface area contributed by atoms with E-state index in [0.717, 1.165) is 31.7 Å². The Bertz CT molecular complexity index is 589. The quantitative estimate of drug-likeness (QED) is 0.923. The minimum Gasteiger partial charge on any atom is -0.313 e. The molecule has 0 aliphatic carbocycles. The number of rotatable bonds is 4. The Morgan fingerprint density at radius 1 is 1.30 bits per heavy atom. The van der Waals surface area contributed by atoms with Crippen molar-refractivity contribution in [2.24, 2.45) is 0 Å². The van der Waals surface area contributed by atoms with Crippen molar-refractivity contribution < 1.29 is 0 Å². The number of aromatic amines is 1. The van der Waals surface area contributed by atoms with E-state index in [9.17, 15) is 4.79 Å². The topological polar surface area (TPSA) is 53.9 Å². The lowest BCUT2D eigenvalue weighted by molar-refractivity contribution is 0.140. The van der Waals surface area contributed by atoms with Gasteiger partial charge in [-0.25, -0.2) is 4.79 Å². The van der Waals surface area contributed by atoms with Gasteiger partial charge >= 0.3 is 5.69 Å². The zero-order chi connectivity index (χ0) is 13.8. The maximum Gasteiger partial charge on any atom is 0.325 e. The molecule has 20 heavy (non-hydrogen) atoms. The third kappa shape index (κ3) is 2.82. The van der Waals surface area contributed by atoms with Crippen LogP contribution in [0.15, 0.2) is 41.6 Å². The molecule has 5 heteroatoms. The molecule has 0 unspecified atom stereocenters. The normalized spacial score (nSPS) is 20.1. The number of hydrogen-bond acceptors (Lipinski definition) is 3. The van der Waals surface area contributed by atoms with Crippen molar-refractivity contribution in [2.75, 3.05) is 13.1 Å². The zero-order valence-corrected chi connectivity index (χ0v) is 11.5. The summed E-state index contributed by atoms with van der Waals surface area (Å²) in [5.74, 6) is 0. The van der Waals surface area contributed by atoms with E-state index in [1.54, 1.807) is 10.8 Å². The van der Waals surface area contributed by atoms with Gasteiger partial charge in [-0.05, 0) is 31.5 Å². The van der Waals surface area contributed by atoms with Crippen LogP contribution in [0.2, 0.25) is 0 Å². The van der Waals surface area contributed by atoms with E-state index >= 15 is 0 Å². The van der Waals surface area contributed by atoms with Crippen molar-refractivity contribution in [3.05, 3.63) is 53.0 Å². The fraction of sp³-hybridized carbons (Fsp3) is 0.467. The number of aromatic nitrogens is 3. The van der Waals surface area contributed by atoms with Crippen LogP contribution in [0.5, 0.6) is 0 Å². The molecule has 1 saturated heterocycles. The third-order valence-electron chi connectivity index (χ3n) is 3.99. The molecule has 0 aromatic carbocycles. The lowest BCUT2D eigenvalue weighted by atomic mass is 9.99. The Kier molecular flexibility index (Phi) is 3.97. The molecule has 1 aliphatic rings. The van der Waals surface area contributed by atoms with E-state index in [-0.39, 0.29) is 5.69 Å². The molecule has 0 radical (unpaired) electrons. The number of hydrogen-bond donors (Lipinski definition) is 1. The van der Waals surface area contributed by atoms with E-state index in [1.165, 1.54) is 12.8 Å². The fourth-order valence-corrected chi connectivity index (χ4v) is 2.93. The molecule has 0 spiro atoms. The van der Waals surface area contributed by atoms with Gasteiger partial charge in [-0.2, -0.15) is 0 Å². The fourth-order valence-electron chi connectivity index (χ4n) is 2.93. The smallest absolute Gasteiger partial charge is 0.313 e. The van der Waals surface area contributed by atoms with Gasteiger partial charge in [0.1, 0.15) is 0 Å². The third-order valence-corrected chi connectivity index (χ3v) is 3.99. The average Bonchev–Trinajstić information content (AvgIpc) is 2.92. The van der Waals surface area contributed by atoms with Crippen LogP contribution in [0, 0.1) is 0 Å². The van der Waals surface area contributed by atoms with Gasteiger partial charge < -0.3 is 4.98 Å². The van der Waals surface area contributed by atoms with Gasteiger partial charge in [0.25, 0.3) is 0 Å². The summed E-state index contributed by atoms with van der Waals surface area (Å²) in [5, 5.41) is 0. The van der Waals surface area contributed by atoms with Gasteiger partial charge in [-0.1, -0.05) is 12.5 Å². The number of likely N-dealkylation sites (tertiary alicyclic amines) is 1. The predicted molar refractivity (Wildman–Crippen MR) is 77.5 cm³/mol. The highest BCUT2D eigenvalue weighted by Gasteiger charge is 2.24. The van der Waals surface area contributed by atoms with Crippen molar-refractivity contribution in [3.8, 4) is 0 Å². The Balaban J connectivity index is 1.70. The molecule has 0 bridgehead atoms. The van der Waals surface area contributed by atoms with Crippen molar-refractivity contribution in [1.82, 2.24) is 19.4 Å². The number of nitrogens with zero attached hydrogens (tertiary/aromatic N) is 3. The van der Waals surface area contributed by atoms with Gasteiger partial charge in [-0.15, -0.1) is 0 Å². The Morgan fingerprint density at radius 3 is 3.00 bits per heavy atom. The van der Waals surface area contributed by atoms with Gasteiger partial charge in [0.15, 0.2) is 0 Å². The molecular formula is C15H20N4O. The first-order valence-electron chi connectivity index (χ1n) is 7.23. The monoisotopic (exact) mass is 272 g/mol. The van der Waals surface area contributed by atoms with Crippen LogP contribution in [-0.4, -0.2) is 32.5 Å². The average molecular weight is 272 g/mol. The lowest BCUT2D eigenvalue weighted by Crippen LogP contribution is -2.37. The van der Waals surface area contributed by atoms with Crippen molar-refractivity contribution >= 4 is 0 Å². The summed E-state index contributed by atoms with van der Waals surface area (Å²) in [6, 6.07) is 6.49. The summed E-state index contributed by atoms with van der Waals surface area (Å²) < 4.78 is 1.73. The lowest BCUT2D eigenvalue weighted by Gasteiger charge is -2.35. The zero-order valence-electron chi connectivity index (χ0n) is 11.5. The van der Waals surface area contributed by atoms with E-state index in [0.29, 0.717) is 6.04 Å². The second-order valence-electron chi connectivity index (χ2n) is 5.26. The van der Waals surface area contributed by atoms with Crippen molar-refractivity contribution in [3.63, 3.8) is 0 Å².